The molecule has 1 nitrogen and oxygen atoms in total. The lowest BCUT2D eigenvalue weighted by molar-refractivity contribution is -0.0487. The van der Waals surface area contributed by atoms with Gasteiger partial charge in [-0.2, -0.15) is 8.78 Å². The Bertz CT molecular complexity index is 485. The van der Waals surface area contributed by atoms with Crippen LogP contribution < -0.4 is 4.74 Å². The van der Waals surface area contributed by atoms with Gasteiger partial charge in [0.1, 0.15) is 5.75 Å². The minimum Gasteiger partial charge on any atom is -0.434 e. The molecule has 0 saturated heterocycles. The summed E-state index contributed by atoms with van der Waals surface area (Å²) in [5.41, 5.74) is 0. The number of halogens is 3. The molecule has 0 radical (unpaired) electrons. The predicted molar refractivity (Wildman–Crippen MR) is 55.6 cm³/mol. The molecule has 0 aromatic heterocycles. The van der Waals surface area contributed by atoms with Crippen molar-refractivity contribution in [1.29, 1.82) is 0 Å². The SMILES string of the molecule is FC(F)Oc1ccc(Cl)c2ccccc12. The second-order valence-corrected chi connectivity index (χ2v) is 3.38. The van der Waals surface area contributed by atoms with Crippen LogP contribution >= 0.6 is 11.6 Å². The standard InChI is InChI=1S/C11H7ClF2O/c12-9-5-6-10(15-11(13)14)8-4-2-1-3-7(8)9/h1-6,11H. The molecule has 0 aliphatic rings. The van der Waals surface area contributed by atoms with Crippen LogP contribution in [0, 0.1) is 0 Å². The molecule has 78 valence electrons. The van der Waals surface area contributed by atoms with E-state index in [0.717, 1.165) is 0 Å². The summed E-state index contributed by atoms with van der Waals surface area (Å²) in [7, 11) is 0. The molecule has 0 bridgehead atoms. The predicted octanol–water partition coefficient (Wildman–Crippen LogP) is 4.09. The summed E-state index contributed by atoms with van der Waals surface area (Å²) in [5.74, 6) is 0.144. The Balaban J connectivity index is 2.61. The van der Waals surface area contributed by atoms with Crippen molar-refractivity contribution >= 4 is 22.4 Å². The number of alkyl halides is 2. The van der Waals surface area contributed by atoms with E-state index >= 15 is 0 Å². The molecule has 0 saturated carbocycles. The van der Waals surface area contributed by atoms with Crippen molar-refractivity contribution in [2.45, 2.75) is 6.61 Å². The first kappa shape index (κ1) is 10.2. The van der Waals surface area contributed by atoms with Gasteiger partial charge >= 0.3 is 6.61 Å². The zero-order valence-corrected chi connectivity index (χ0v) is 8.34. The average Bonchev–Trinajstić information content (AvgIpc) is 2.22. The van der Waals surface area contributed by atoms with Crippen LogP contribution in [-0.4, -0.2) is 6.61 Å². The third-order valence-electron chi connectivity index (χ3n) is 2.05. The summed E-state index contributed by atoms with van der Waals surface area (Å²) < 4.78 is 28.6. The first-order valence-electron chi connectivity index (χ1n) is 4.30. The Morgan fingerprint density at radius 3 is 2.33 bits per heavy atom. The van der Waals surface area contributed by atoms with E-state index in [1.807, 2.05) is 0 Å². The molecule has 0 fully saturated rings. The van der Waals surface area contributed by atoms with Gasteiger partial charge in [-0.25, -0.2) is 0 Å². The second kappa shape index (κ2) is 4.03. The lowest BCUT2D eigenvalue weighted by atomic mass is 10.1. The Labute approximate surface area is 90.2 Å². The third kappa shape index (κ3) is 2.02. The lowest BCUT2D eigenvalue weighted by Crippen LogP contribution is -2.02. The summed E-state index contributed by atoms with van der Waals surface area (Å²) in [5, 5.41) is 1.81. The average molecular weight is 229 g/mol. The molecule has 4 heteroatoms. The minimum atomic E-state index is -2.82. The fourth-order valence-electron chi connectivity index (χ4n) is 1.43. The Morgan fingerprint density at radius 2 is 1.67 bits per heavy atom. The van der Waals surface area contributed by atoms with Gasteiger partial charge in [0, 0.05) is 15.8 Å². The Kier molecular flexibility index (Phi) is 2.73. The molecule has 0 spiro atoms. The first-order chi connectivity index (χ1) is 7.18. The zero-order chi connectivity index (χ0) is 10.8. The highest BCUT2D eigenvalue weighted by Gasteiger charge is 2.09. The lowest BCUT2D eigenvalue weighted by Gasteiger charge is -2.08. The number of hydrogen-bond donors (Lipinski definition) is 0. The van der Waals surface area contributed by atoms with Crippen LogP contribution in [0.15, 0.2) is 36.4 Å². The summed E-state index contributed by atoms with van der Waals surface area (Å²) in [6.07, 6.45) is 0. The molecule has 0 atom stereocenters. The number of hydrogen-bond acceptors (Lipinski definition) is 1. The quantitative estimate of drug-likeness (QED) is 0.752. The fourth-order valence-corrected chi connectivity index (χ4v) is 1.66. The molecule has 0 heterocycles. The van der Waals surface area contributed by atoms with Gasteiger partial charge < -0.3 is 4.74 Å². The molecule has 0 amide bonds. The summed E-state index contributed by atoms with van der Waals surface area (Å²) in [6.45, 7) is -2.82. The van der Waals surface area contributed by atoms with Gasteiger partial charge in [-0.05, 0) is 12.1 Å². The van der Waals surface area contributed by atoms with Crippen LogP contribution in [0.25, 0.3) is 10.8 Å². The zero-order valence-electron chi connectivity index (χ0n) is 7.58. The van der Waals surface area contributed by atoms with Crippen LogP contribution in [0.5, 0.6) is 5.75 Å². The molecule has 0 aliphatic heterocycles. The normalized spacial score (nSPS) is 10.9. The van der Waals surface area contributed by atoms with E-state index in [0.29, 0.717) is 15.8 Å². The van der Waals surface area contributed by atoms with E-state index in [9.17, 15) is 8.78 Å². The highest BCUT2D eigenvalue weighted by molar-refractivity contribution is 6.35. The maximum Gasteiger partial charge on any atom is 0.387 e. The summed E-state index contributed by atoms with van der Waals surface area (Å²) in [4.78, 5) is 0. The van der Waals surface area contributed by atoms with Gasteiger partial charge in [-0.3, -0.25) is 0 Å². The number of ether oxygens (including phenoxy) is 1. The van der Waals surface area contributed by atoms with Gasteiger partial charge in [-0.1, -0.05) is 35.9 Å². The molecular formula is C11H7ClF2O. The maximum atomic E-state index is 12.1. The van der Waals surface area contributed by atoms with Gasteiger partial charge in [0.2, 0.25) is 0 Å². The molecule has 2 aromatic carbocycles. The van der Waals surface area contributed by atoms with Crippen LogP contribution in [-0.2, 0) is 0 Å². The van der Waals surface area contributed by atoms with Gasteiger partial charge in [0.15, 0.2) is 0 Å². The van der Waals surface area contributed by atoms with Crippen molar-refractivity contribution < 1.29 is 13.5 Å². The molecule has 15 heavy (non-hydrogen) atoms. The van der Waals surface area contributed by atoms with E-state index in [4.69, 9.17) is 11.6 Å². The van der Waals surface area contributed by atoms with Crippen LogP contribution in [0.2, 0.25) is 5.02 Å². The fraction of sp³-hybridized carbons (Fsp3) is 0.0909. The molecule has 0 N–H and O–H groups in total. The van der Waals surface area contributed by atoms with E-state index in [1.165, 1.54) is 6.07 Å². The van der Waals surface area contributed by atoms with Gasteiger partial charge in [-0.15, -0.1) is 0 Å². The van der Waals surface area contributed by atoms with Crippen molar-refractivity contribution in [3.8, 4) is 5.75 Å². The monoisotopic (exact) mass is 228 g/mol. The first-order valence-corrected chi connectivity index (χ1v) is 4.68. The van der Waals surface area contributed by atoms with Crippen molar-refractivity contribution in [2.75, 3.05) is 0 Å². The number of fused-ring (bicyclic) bond motifs is 1. The van der Waals surface area contributed by atoms with Crippen LogP contribution in [0.4, 0.5) is 8.78 Å². The van der Waals surface area contributed by atoms with Gasteiger partial charge in [0.25, 0.3) is 0 Å². The third-order valence-corrected chi connectivity index (χ3v) is 2.38. The van der Waals surface area contributed by atoms with Crippen molar-refractivity contribution in [1.82, 2.24) is 0 Å². The van der Waals surface area contributed by atoms with Crippen molar-refractivity contribution in [3.63, 3.8) is 0 Å². The van der Waals surface area contributed by atoms with Crippen LogP contribution in [0.3, 0.4) is 0 Å². The molecule has 0 unspecified atom stereocenters. The van der Waals surface area contributed by atoms with E-state index in [1.54, 1.807) is 30.3 Å². The Hall–Kier alpha value is -1.35. The molecule has 2 rings (SSSR count). The van der Waals surface area contributed by atoms with E-state index in [-0.39, 0.29) is 5.75 Å². The molecule has 2 aromatic rings. The molecule has 0 aliphatic carbocycles. The van der Waals surface area contributed by atoms with E-state index in [2.05, 4.69) is 4.74 Å². The number of benzene rings is 2. The van der Waals surface area contributed by atoms with Gasteiger partial charge in [0.05, 0.1) is 0 Å². The second-order valence-electron chi connectivity index (χ2n) is 2.97. The minimum absolute atomic E-state index is 0.144. The summed E-state index contributed by atoms with van der Waals surface area (Å²) >= 11 is 5.92. The largest absolute Gasteiger partial charge is 0.434 e. The smallest absolute Gasteiger partial charge is 0.387 e. The van der Waals surface area contributed by atoms with Crippen molar-refractivity contribution in [2.24, 2.45) is 0 Å². The van der Waals surface area contributed by atoms with Crippen molar-refractivity contribution in [3.05, 3.63) is 41.4 Å². The summed E-state index contributed by atoms with van der Waals surface area (Å²) in [6, 6.07) is 9.98. The van der Waals surface area contributed by atoms with E-state index < -0.39 is 6.61 Å². The topological polar surface area (TPSA) is 9.23 Å². The molecular weight excluding hydrogens is 222 g/mol. The van der Waals surface area contributed by atoms with Crippen LogP contribution in [0.1, 0.15) is 0 Å². The number of rotatable bonds is 2. The highest BCUT2D eigenvalue weighted by atomic mass is 35.5. The Morgan fingerprint density at radius 1 is 1.00 bits per heavy atom. The highest BCUT2D eigenvalue weighted by Crippen LogP contribution is 2.31. The maximum absolute atomic E-state index is 12.1.